The average molecular weight is 564 g/mol. The number of urea groups is 1. The molecule has 0 atom stereocenters. The van der Waals surface area contributed by atoms with Crippen molar-refractivity contribution in [2.75, 3.05) is 26.2 Å². The fraction of sp³-hybridized carbons (Fsp3) is 0.364. The number of hydrogen-bond acceptors (Lipinski definition) is 5. The molecule has 0 spiro atoms. The van der Waals surface area contributed by atoms with E-state index in [0.29, 0.717) is 25.5 Å². The summed E-state index contributed by atoms with van der Waals surface area (Å²) >= 11 is 0. The van der Waals surface area contributed by atoms with E-state index in [0.717, 1.165) is 72.7 Å². The molecule has 0 unspecified atom stereocenters. The molecule has 1 fully saturated rings. The van der Waals surface area contributed by atoms with Crippen LogP contribution in [0.25, 0.3) is 16.5 Å². The van der Waals surface area contributed by atoms with E-state index in [4.69, 9.17) is 4.74 Å². The van der Waals surface area contributed by atoms with Crippen LogP contribution in [0.5, 0.6) is 0 Å². The molecule has 9 nitrogen and oxygen atoms in total. The van der Waals surface area contributed by atoms with Crippen molar-refractivity contribution >= 4 is 28.4 Å². The van der Waals surface area contributed by atoms with Crippen molar-refractivity contribution in [1.29, 1.82) is 0 Å². The van der Waals surface area contributed by atoms with Crippen LogP contribution >= 0.6 is 0 Å². The van der Waals surface area contributed by atoms with Gasteiger partial charge in [-0.2, -0.15) is 5.10 Å². The van der Waals surface area contributed by atoms with Gasteiger partial charge in [0, 0.05) is 74.6 Å². The van der Waals surface area contributed by atoms with Crippen LogP contribution in [0.4, 0.5) is 4.79 Å². The number of carbonyl (C=O) groups is 1. The first-order valence-electron chi connectivity index (χ1n) is 14.6. The van der Waals surface area contributed by atoms with Crippen LogP contribution in [-0.2, 0) is 31.3 Å². The van der Waals surface area contributed by atoms with Gasteiger partial charge in [-0.05, 0) is 67.8 Å². The summed E-state index contributed by atoms with van der Waals surface area (Å²) in [7, 11) is 2.06. The predicted octanol–water partition coefficient (Wildman–Crippen LogP) is 5.04. The predicted molar refractivity (Wildman–Crippen MR) is 164 cm³/mol. The fourth-order valence-corrected chi connectivity index (χ4v) is 5.95. The lowest BCUT2D eigenvalue weighted by Crippen LogP contribution is -2.41. The second-order valence-corrected chi connectivity index (χ2v) is 11.1. The normalized spacial score (nSPS) is 19.8. The van der Waals surface area contributed by atoms with Crippen molar-refractivity contribution in [3.8, 4) is 0 Å². The first kappa shape index (κ1) is 27.6. The summed E-state index contributed by atoms with van der Waals surface area (Å²) in [4.78, 5) is 21.9. The van der Waals surface area contributed by atoms with E-state index < -0.39 is 0 Å². The standard InChI is InChI=1S/C33H37N7O2/c1-4-8-25(12-13-27-18-34-23(2)42-27)32-29-22-40(16-14-30(29)36-37-32)33(41)35-17-24-9-7-15-39(19-24)21-26-20-38(3)31-11-6-5-10-28(26)31/h4-5,8,10,12-13,17,20H,7,9,14-16,18-19,21-22H2,1-3H3,(H,35,41)(H,36,37)/b8-4?,24-17-,25-12+,27-13+. The number of amides is 2. The lowest BCUT2D eigenvalue weighted by atomic mass is 10.0. The number of carbonyl (C=O) groups excluding carboxylic acids is 1. The number of piperidine rings is 1. The Morgan fingerprint density at radius 2 is 2.17 bits per heavy atom. The third kappa shape index (κ3) is 5.90. The number of aromatic amines is 1. The zero-order chi connectivity index (χ0) is 29.1. The number of likely N-dealkylation sites (tertiary alicyclic amines) is 1. The van der Waals surface area contributed by atoms with Gasteiger partial charge in [-0.3, -0.25) is 10.00 Å². The minimum atomic E-state index is -0.0797. The molecule has 2 aromatic heterocycles. The van der Waals surface area contributed by atoms with Crippen molar-refractivity contribution in [3.63, 3.8) is 0 Å². The molecule has 2 amide bonds. The Hall–Kier alpha value is -4.55. The number of nitrogens with zero attached hydrogens (tertiary/aromatic N) is 5. The molecule has 2 N–H and O–H groups in total. The summed E-state index contributed by atoms with van der Waals surface area (Å²) in [5, 5.41) is 12.1. The zero-order valence-electron chi connectivity index (χ0n) is 24.5. The van der Waals surface area contributed by atoms with Gasteiger partial charge in [0.15, 0.2) is 5.90 Å². The van der Waals surface area contributed by atoms with Gasteiger partial charge in [0.25, 0.3) is 0 Å². The quantitative estimate of drug-likeness (QED) is 0.411. The minimum Gasteiger partial charge on any atom is -0.446 e. The molecule has 9 heteroatoms. The number of aryl methyl sites for hydroxylation is 1. The molecule has 216 valence electrons. The first-order chi connectivity index (χ1) is 20.5. The number of ether oxygens (including phenoxy) is 1. The lowest BCUT2D eigenvalue weighted by Gasteiger charge is -2.29. The lowest BCUT2D eigenvalue weighted by molar-refractivity contribution is 0.195. The molecular formula is C33H37N7O2. The number of aromatic nitrogens is 3. The topological polar surface area (TPSA) is 90.8 Å². The number of nitrogens with one attached hydrogen (secondary N) is 2. The van der Waals surface area contributed by atoms with Gasteiger partial charge < -0.3 is 19.5 Å². The Morgan fingerprint density at radius 1 is 1.26 bits per heavy atom. The highest BCUT2D eigenvalue weighted by Crippen LogP contribution is 2.27. The van der Waals surface area contributed by atoms with Gasteiger partial charge in [-0.25, -0.2) is 9.79 Å². The Balaban J connectivity index is 1.10. The summed E-state index contributed by atoms with van der Waals surface area (Å²) in [6.45, 7) is 8.29. The van der Waals surface area contributed by atoms with Crippen LogP contribution in [0.1, 0.15) is 49.2 Å². The number of H-pyrrole nitrogens is 1. The summed E-state index contributed by atoms with van der Waals surface area (Å²) in [5.41, 5.74) is 7.58. The van der Waals surface area contributed by atoms with E-state index in [9.17, 15) is 4.79 Å². The van der Waals surface area contributed by atoms with Crippen molar-refractivity contribution in [1.82, 2.24) is 29.9 Å². The summed E-state index contributed by atoms with van der Waals surface area (Å²) in [6.07, 6.45) is 14.9. The second kappa shape index (κ2) is 12.1. The zero-order valence-corrected chi connectivity index (χ0v) is 24.5. The van der Waals surface area contributed by atoms with Crippen LogP contribution in [0, 0.1) is 12.1 Å². The SMILES string of the molecule is CC=C/C(=C\C=C1/CN=C(C)O1)c1n[nH]c2c1CN(C(=O)N/C=C1/CCCN(Cc3cn(C)c4c#cccc34)C1)CC2. The van der Waals surface area contributed by atoms with E-state index in [1.165, 1.54) is 16.5 Å². The van der Waals surface area contributed by atoms with Crippen molar-refractivity contribution < 1.29 is 9.53 Å². The first-order valence-corrected chi connectivity index (χ1v) is 14.6. The molecule has 5 heterocycles. The maximum atomic E-state index is 13.3. The molecule has 0 saturated carbocycles. The molecule has 0 radical (unpaired) electrons. The summed E-state index contributed by atoms with van der Waals surface area (Å²) in [6, 6.07) is 10.2. The molecule has 0 aliphatic carbocycles. The van der Waals surface area contributed by atoms with Gasteiger partial charge in [-0.15, -0.1) is 0 Å². The third-order valence-electron chi connectivity index (χ3n) is 8.05. The maximum Gasteiger partial charge on any atom is 0.321 e. The average Bonchev–Trinajstić information content (AvgIpc) is 3.71. The maximum absolute atomic E-state index is 13.3. The smallest absolute Gasteiger partial charge is 0.321 e. The van der Waals surface area contributed by atoms with Gasteiger partial charge in [-0.1, -0.05) is 18.2 Å². The van der Waals surface area contributed by atoms with Crippen molar-refractivity contribution in [2.45, 2.75) is 46.2 Å². The van der Waals surface area contributed by atoms with Crippen LogP contribution in [0.3, 0.4) is 0 Å². The van der Waals surface area contributed by atoms with E-state index >= 15 is 0 Å². The Labute approximate surface area is 246 Å². The molecule has 1 saturated heterocycles. The van der Waals surface area contributed by atoms with Gasteiger partial charge in [0.05, 0.1) is 17.8 Å². The highest BCUT2D eigenvalue weighted by molar-refractivity contribution is 5.82. The van der Waals surface area contributed by atoms with Crippen LogP contribution in [0.2, 0.25) is 0 Å². The number of fused-ring (bicyclic) bond motifs is 2. The number of allylic oxidation sites excluding steroid dienone is 5. The Kier molecular flexibility index (Phi) is 7.97. The van der Waals surface area contributed by atoms with Crippen LogP contribution in [0.15, 0.2) is 65.2 Å². The minimum absolute atomic E-state index is 0.0797. The molecule has 0 bridgehead atoms. The number of aliphatic imine (C=N–C) groups is 1. The second-order valence-electron chi connectivity index (χ2n) is 11.1. The van der Waals surface area contributed by atoms with E-state index in [1.54, 1.807) is 0 Å². The Bertz CT molecular complexity index is 1630. The molecule has 1 aromatic carbocycles. The molecule has 42 heavy (non-hydrogen) atoms. The fourth-order valence-electron chi connectivity index (χ4n) is 5.95. The third-order valence-corrected chi connectivity index (χ3v) is 8.05. The van der Waals surface area contributed by atoms with Gasteiger partial charge in [0.2, 0.25) is 0 Å². The van der Waals surface area contributed by atoms with Gasteiger partial charge in [0.1, 0.15) is 12.3 Å². The molecule has 3 aliphatic heterocycles. The highest BCUT2D eigenvalue weighted by atomic mass is 16.5. The molecule has 6 rings (SSSR count). The van der Waals surface area contributed by atoms with Crippen LogP contribution < -0.4 is 5.32 Å². The largest absolute Gasteiger partial charge is 0.446 e. The summed E-state index contributed by atoms with van der Waals surface area (Å²) in [5.74, 6) is 1.49. The van der Waals surface area contributed by atoms with E-state index in [-0.39, 0.29) is 6.03 Å². The monoisotopic (exact) mass is 563 g/mol. The molecule has 3 aliphatic rings. The molecule has 3 aromatic rings. The Morgan fingerprint density at radius 3 is 3.00 bits per heavy atom. The van der Waals surface area contributed by atoms with Gasteiger partial charge >= 0.3 is 6.03 Å². The highest BCUT2D eigenvalue weighted by Gasteiger charge is 2.26. The molecular weight excluding hydrogens is 526 g/mol. The summed E-state index contributed by atoms with van der Waals surface area (Å²) < 4.78 is 7.76. The van der Waals surface area contributed by atoms with E-state index in [2.05, 4.69) is 61.4 Å². The van der Waals surface area contributed by atoms with Crippen LogP contribution in [-0.4, -0.2) is 62.7 Å². The van der Waals surface area contributed by atoms with Crippen molar-refractivity contribution in [3.05, 3.63) is 94.8 Å². The number of rotatable bonds is 6. The van der Waals surface area contributed by atoms with E-state index in [1.807, 2.05) is 55.3 Å². The van der Waals surface area contributed by atoms with Crippen molar-refractivity contribution in [2.24, 2.45) is 12.0 Å². The number of hydrogen-bond donors (Lipinski definition) is 2.